The van der Waals surface area contributed by atoms with E-state index in [1.165, 1.54) is 11.8 Å². The zero-order valence-corrected chi connectivity index (χ0v) is 19.5. The standard InChI is InChI=1S/C21H25ClN6O3S/c1-3-31-18(29)17-13(2)23-19(30)24-16(17)12-32-21-26-25-20(27-9-4-5-10-27)28(21)15-8-6-7-14(22)11-15/h6-8,11,13H,3-5,9-10,12H2,1-2H3,(H2,23,24,30). The monoisotopic (exact) mass is 476 g/mol. The molecule has 4 rings (SSSR count). The number of carbonyl (C=O) groups excluding carboxylic acids is 2. The zero-order chi connectivity index (χ0) is 22.7. The summed E-state index contributed by atoms with van der Waals surface area (Å²) in [5.41, 5.74) is 1.77. The molecule has 2 aliphatic rings. The maximum Gasteiger partial charge on any atom is 0.337 e. The molecule has 1 saturated heterocycles. The van der Waals surface area contributed by atoms with Gasteiger partial charge in [0, 0.05) is 29.6 Å². The van der Waals surface area contributed by atoms with Crippen LogP contribution in [0.15, 0.2) is 40.7 Å². The Morgan fingerprint density at radius 3 is 2.81 bits per heavy atom. The van der Waals surface area contributed by atoms with E-state index in [0.717, 1.165) is 37.6 Å². The summed E-state index contributed by atoms with van der Waals surface area (Å²) in [7, 11) is 0. The van der Waals surface area contributed by atoms with E-state index >= 15 is 0 Å². The van der Waals surface area contributed by atoms with Crippen LogP contribution in [-0.2, 0) is 9.53 Å². The molecule has 32 heavy (non-hydrogen) atoms. The van der Waals surface area contributed by atoms with E-state index < -0.39 is 12.0 Å². The van der Waals surface area contributed by atoms with Gasteiger partial charge in [-0.05, 0) is 44.9 Å². The number of nitrogens with zero attached hydrogens (tertiary/aromatic N) is 4. The minimum absolute atomic E-state index is 0.256. The first-order chi connectivity index (χ1) is 15.5. The number of urea groups is 1. The summed E-state index contributed by atoms with van der Waals surface area (Å²) in [6.45, 7) is 5.60. The van der Waals surface area contributed by atoms with E-state index in [4.69, 9.17) is 16.3 Å². The van der Waals surface area contributed by atoms with Crippen molar-refractivity contribution in [3.63, 3.8) is 0 Å². The van der Waals surface area contributed by atoms with E-state index in [2.05, 4.69) is 25.7 Å². The zero-order valence-electron chi connectivity index (χ0n) is 17.9. The van der Waals surface area contributed by atoms with Crippen molar-refractivity contribution in [3.05, 3.63) is 40.6 Å². The average Bonchev–Trinajstić information content (AvgIpc) is 3.41. The normalized spacial score (nSPS) is 18.5. The highest BCUT2D eigenvalue weighted by atomic mass is 35.5. The fourth-order valence-corrected chi connectivity index (χ4v) is 4.95. The third-order valence-corrected chi connectivity index (χ3v) is 6.47. The molecule has 2 amide bonds. The van der Waals surface area contributed by atoms with Crippen LogP contribution in [0.5, 0.6) is 0 Å². The highest BCUT2D eigenvalue weighted by molar-refractivity contribution is 7.99. The first kappa shape index (κ1) is 22.5. The van der Waals surface area contributed by atoms with Crippen LogP contribution in [-0.4, -0.2) is 58.3 Å². The Labute approximate surface area is 195 Å². The van der Waals surface area contributed by atoms with Gasteiger partial charge in [0.1, 0.15) is 0 Å². The molecule has 0 bridgehead atoms. The van der Waals surface area contributed by atoms with Crippen LogP contribution in [0.3, 0.4) is 0 Å². The average molecular weight is 477 g/mol. The van der Waals surface area contributed by atoms with Crippen molar-refractivity contribution in [2.45, 2.75) is 37.9 Å². The van der Waals surface area contributed by atoms with Gasteiger partial charge in [-0.1, -0.05) is 29.4 Å². The minimum atomic E-state index is -0.454. The molecule has 1 aromatic carbocycles. The van der Waals surface area contributed by atoms with E-state index in [9.17, 15) is 9.59 Å². The molecule has 0 spiro atoms. The number of benzene rings is 1. The van der Waals surface area contributed by atoms with Crippen LogP contribution >= 0.6 is 23.4 Å². The number of thioether (sulfide) groups is 1. The van der Waals surface area contributed by atoms with Gasteiger partial charge < -0.3 is 20.3 Å². The second-order valence-electron chi connectivity index (χ2n) is 7.51. The summed E-state index contributed by atoms with van der Waals surface area (Å²) < 4.78 is 7.17. The summed E-state index contributed by atoms with van der Waals surface area (Å²) in [6.07, 6.45) is 2.22. The largest absolute Gasteiger partial charge is 0.463 e. The summed E-state index contributed by atoms with van der Waals surface area (Å²) >= 11 is 7.64. The van der Waals surface area contributed by atoms with E-state index in [-0.39, 0.29) is 12.6 Å². The fraction of sp³-hybridized carbons (Fsp3) is 0.429. The predicted octanol–water partition coefficient (Wildman–Crippen LogP) is 3.13. The van der Waals surface area contributed by atoms with Gasteiger partial charge >= 0.3 is 12.0 Å². The third kappa shape index (κ3) is 4.71. The number of aromatic nitrogens is 3. The first-order valence-corrected chi connectivity index (χ1v) is 11.9. The highest BCUT2D eigenvalue weighted by Gasteiger charge is 2.30. The highest BCUT2D eigenvalue weighted by Crippen LogP contribution is 2.31. The molecule has 0 aliphatic carbocycles. The van der Waals surface area contributed by atoms with Gasteiger partial charge in [0.2, 0.25) is 5.95 Å². The lowest BCUT2D eigenvalue weighted by molar-refractivity contribution is -0.138. The maximum atomic E-state index is 12.5. The topological polar surface area (TPSA) is 101 Å². The van der Waals surface area contributed by atoms with Gasteiger partial charge in [0.15, 0.2) is 5.16 Å². The number of anilines is 1. The lowest BCUT2D eigenvalue weighted by atomic mass is 10.1. The Morgan fingerprint density at radius 2 is 2.09 bits per heavy atom. The van der Waals surface area contributed by atoms with Gasteiger partial charge in [-0.25, -0.2) is 9.59 Å². The molecule has 170 valence electrons. The molecule has 11 heteroatoms. The molecule has 2 N–H and O–H groups in total. The van der Waals surface area contributed by atoms with Gasteiger partial charge in [-0.2, -0.15) is 0 Å². The molecule has 1 unspecified atom stereocenters. The van der Waals surface area contributed by atoms with Crippen molar-refractivity contribution in [1.29, 1.82) is 0 Å². The Balaban J connectivity index is 1.67. The number of amides is 2. The van der Waals surface area contributed by atoms with E-state index in [1.54, 1.807) is 13.8 Å². The van der Waals surface area contributed by atoms with Crippen molar-refractivity contribution in [2.24, 2.45) is 0 Å². The van der Waals surface area contributed by atoms with Gasteiger partial charge in [0.05, 0.1) is 23.9 Å². The number of ether oxygens (including phenoxy) is 1. The number of hydrogen-bond acceptors (Lipinski definition) is 7. The Hall–Kier alpha value is -2.72. The number of hydrogen-bond donors (Lipinski definition) is 2. The minimum Gasteiger partial charge on any atom is -0.463 e. The summed E-state index contributed by atoms with van der Waals surface area (Å²) in [6, 6.07) is 6.72. The Morgan fingerprint density at radius 1 is 1.31 bits per heavy atom. The van der Waals surface area contributed by atoms with Crippen molar-refractivity contribution in [1.82, 2.24) is 25.4 Å². The quantitative estimate of drug-likeness (QED) is 0.467. The number of esters is 1. The molecule has 9 nitrogen and oxygen atoms in total. The van der Waals surface area contributed by atoms with Crippen LogP contribution in [0.2, 0.25) is 5.02 Å². The SMILES string of the molecule is CCOC(=O)C1=C(CSc2nnc(N3CCCC3)n2-c2cccc(Cl)c2)NC(=O)NC1C. The second kappa shape index (κ2) is 9.83. The maximum absolute atomic E-state index is 12.5. The smallest absolute Gasteiger partial charge is 0.337 e. The molecule has 1 aromatic heterocycles. The van der Waals surface area contributed by atoms with E-state index in [0.29, 0.717) is 27.2 Å². The molecule has 0 radical (unpaired) electrons. The van der Waals surface area contributed by atoms with Crippen LogP contribution in [0.25, 0.3) is 5.69 Å². The van der Waals surface area contributed by atoms with Crippen molar-refractivity contribution >= 4 is 41.3 Å². The van der Waals surface area contributed by atoms with Crippen molar-refractivity contribution in [3.8, 4) is 5.69 Å². The fourth-order valence-electron chi connectivity index (χ4n) is 3.85. The molecule has 1 fully saturated rings. The van der Waals surface area contributed by atoms with Crippen LogP contribution in [0.4, 0.5) is 10.7 Å². The molecule has 2 aromatic rings. The Kier molecular flexibility index (Phi) is 6.90. The number of halogens is 1. The first-order valence-electron chi connectivity index (χ1n) is 10.5. The molecule has 0 saturated carbocycles. The van der Waals surface area contributed by atoms with Crippen LogP contribution < -0.4 is 15.5 Å². The number of rotatable bonds is 7. The predicted molar refractivity (Wildman–Crippen MR) is 123 cm³/mol. The Bertz CT molecular complexity index is 1050. The molecule has 3 heterocycles. The van der Waals surface area contributed by atoms with Gasteiger partial charge in [-0.15, -0.1) is 10.2 Å². The summed E-state index contributed by atoms with van der Waals surface area (Å²) in [5, 5.41) is 15.6. The number of nitrogens with one attached hydrogen (secondary N) is 2. The lowest BCUT2D eigenvalue weighted by Gasteiger charge is -2.26. The molecular formula is C21H25ClN6O3S. The van der Waals surface area contributed by atoms with Crippen LogP contribution in [0.1, 0.15) is 26.7 Å². The molecule has 1 atom stereocenters. The lowest BCUT2D eigenvalue weighted by Crippen LogP contribution is -2.49. The second-order valence-corrected chi connectivity index (χ2v) is 8.89. The summed E-state index contributed by atoms with van der Waals surface area (Å²) in [5.74, 6) is 0.636. The van der Waals surface area contributed by atoms with Crippen molar-refractivity contribution in [2.75, 3.05) is 30.3 Å². The number of carbonyl (C=O) groups is 2. The van der Waals surface area contributed by atoms with Gasteiger partial charge in [0.25, 0.3) is 0 Å². The van der Waals surface area contributed by atoms with Crippen LogP contribution in [0, 0.1) is 0 Å². The molecular weight excluding hydrogens is 452 g/mol. The van der Waals surface area contributed by atoms with Crippen molar-refractivity contribution < 1.29 is 14.3 Å². The van der Waals surface area contributed by atoms with E-state index in [1.807, 2.05) is 28.8 Å². The molecule has 2 aliphatic heterocycles. The third-order valence-electron chi connectivity index (χ3n) is 5.28. The summed E-state index contributed by atoms with van der Waals surface area (Å²) in [4.78, 5) is 26.8. The van der Waals surface area contributed by atoms with Gasteiger partial charge in [-0.3, -0.25) is 4.57 Å².